The van der Waals surface area contributed by atoms with Crippen molar-refractivity contribution in [3.63, 3.8) is 0 Å². The van der Waals surface area contributed by atoms with Crippen LogP contribution in [0.1, 0.15) is 31.7 Å². The minimum absolute atomic E-state index is 0.717. The maximum atomic E-state index is 4.54. The van der Waals surface area contributed by atoms with Gasteiger partial charge in [-0.15, -0.1) is 0 Å². The number of fused-ring (bicyclic) bond motifs is 1. The topological polar surface area (TPSA) is 44.3 Å². The van der Waals surface area contributed by atoms with Crippen molar-refractivity contribution < 1.29 is 0 Å². The van der Waals surface area contributed by atoms with Gasteiger partial charge in [0.15, 0.2) is 0 Å². The van der Waals surface area contributed by atoms with E-state index in [4.69, 9.17) is 0 Å². The molecule has 2 fully saturated rings. The summed E-state index contributed by atoms with van der Waals surface area (Å²) in [5.41, 5.74) is 1.18. The summed E-state index contributed by atoms with van der Waals surface area (Å²) >= 11 is 0. The van der Waals surface area contributed by atoms with E-state index in [0.29, 0.717) is 0 Å². The standard InChI is InChI=1S/C15H25N5/c1-3-16-14-12(2)15(18-11-17-14)20-9-8-19-7-5-4-6-13(19)10-20/h11,13H,3-10H2,1-2H3,(H,16,17,18). The summed E-state index contributed by atoms with van der Waals surface area (Å²) in [6, 6.07) is 0.717. The van der Waals surface area contributed by atoms with Crippen LogP contribution in [-0.4, -0.2) is 53.6 Å². The van der Waals surface area contributed by atoms with Crippen LogP contribution in [0.4, 0.5) is 11.6 Å². The normalized spacial score (nSPS) is 23.5. The van der Waals surface area contributed by atoms with Crippen molar-refractivity contribution in [3.05, 3.63) is 11.9 Å². The summed E-state index contributed by atoms with van der Waals surface area (Å²) < 4.78 is 0. The fourth-order valence-corrected chi connectivity index (χ4v) is 3.45. The minimum atomic E-state index is 0.717. The van der Waals surface area contributed by atoms with E-state index in [1.54, 1.807) is 6.33 Å². The molecule has 2 saturated heterocycles. The third-order valence-electron chi connectivity index (χ3n) is 4.54. The molecular formula is C15H25N5. The number of hydrogen-bond donors (Lipinski definition) is 1. The molecule has 0 radical (unpaired) electrons. The van der Waals surface area contributed by atoms with Gasteiger partial charge in [0.2, 0.25) is 0 Å². The third-order valence-corrected chi connectivity index (χ3v) is 4.54. The molecule has 3 rings (SSSR count). The molecule has 0 aromatic carbocycles. The SMILES string of the molecule is CCNc1ncnc(N2CCN3CCCCC3C2)c1C. The summed E-state index contributed by atoms with van der Waals surface area (Å²) in [7, 11) is 0. The smallest absolute Gasteiger partial charge is 0.137 e. The predicted octanol–water partition coefficient (Wildman–Crippen LogP) is 1.89. The highest BCUT2D eigenvalue weighted by Gasteiger charge is 2.30. The van der Waals surface area contributed by atoms with Gasteiger partial charge in [0.1, 0.15) is 18.0 Å². The van der Waals surface area contributed by atoms with E-state index >= 15 is 0 Å². The van der Waals surface area contributed by atoms with Gasteiger partial charge in [-0.2, -0.15) is 0 Å². The van der Waals surface area contributed by atoms with Gasteiger partial charge >= 0.3 is 0 Å². The second-order valence-corrected chi connectivity index (χ2v) is 5.83. The number of hydrogen-bond acceptors (Lipinski definition) is 5. The molecule has 1 atom stereocenters. The van der Waals surface area contributed by atoms with E-state index in [9.17, 15) is 0 Å². The number of nitrogens with zero attached hydrogens (tertiary/aromatic N) is 4. The molecule has 0 bridgehead atoms. The van der Waals surface area contributed by atoms with Crippen molar-refractivity contribution in [2.24, 2.45) is 0 Å². The zero-order valence-corrected chi connectivity index (χ0v) is 12.6. The Kier molecular flexibility index (Phi) is 4.05. The van der Waals surface area contributed by atoms with E-state index in [0.717, 1.165) is 37.3 Å². The van der Waals surface area contributed by atoms with Gasteiger partial charge in [0.05, 0.1) is 0 Å². The Labute approximate surface area is 121 Å². The van der Waals surface area contributed by atoms with Gasteiger partial charge in [-0.3, -0.25) is 4.90 Å². The molecule has 1 unspecified atom stereocenters. The highest BCUT2D eigenvalue weighted by atomic mass is 15.3. The number of rotatable bonds is 3. The highest BCUT2D eigenvalue weighted by Crippen LogP contribution is 2.27. The molecule has 1 N–H and O–H groups in total. The molecule has 5 heteroatoms. The fourth-order valence-electron chi connectivity index (χ4n) is 3.45. The maximum absolute atomic E-state index is 4.54. The van der Waals surface area contributed by atoms with Crippen LogP contribution in [0.3, 0.4) is 0 Å². The lowest BCUT2D eigenvalue weighted by molar-refractivity contribution is 0.133. The second-order valence-electron chi connectivity index (χ2n) is 5.83. The molecule has 1 aromatic rings. The van der Waals surface area contributed by atoms with Crippen LogP contribution in [0.15, 0.2) is 6.33 Å². The number of piperazine rings is 1. The van der Waals surface area contributed by atoms with Crippen molar-refractivity contribution in [3.8, 4) is 0 Å². The van der Waals surface area contributed by atoms with Crippen LogP contribution in [-0.2, 0) is 0 Å². The van der Waals surface area contributed by atoms with Crippen LogP contribution in [0.2, 0.25) is 0 Å². The molecule has 5 nitrogen and oxygen atoms in total. The summed E-state index contributed by atoms with van der Waals surface area (Å²) in [4.78, 5) is 14.0. The van der Waals surface area contributed by atoms with Gasteiger partial charge in [0, 0.05) is 37.8 Å². The summed E-state index contributed by atoms with van der Waals surface area (Å²) in [6.45, 7) is 9.77. The summed E-state index contributed by atoms with van der Waals surface area (Å²) in [5.74, 6) is 2.09. The Morgan fingerprint density at radius 3 is 3.00 bits per heavy atom. The Bertz CT molecular complexity index is 462. The first kappa shape index (κ1) is 13.6. The van der Waals surface area contributed by atoms with Crippen molar-refractivity contribution in [2.75, 3.05) is 42.9 Å². The van der Waals surface area contributed by atoms with Gasteiger partial charge in [-0.25, -0.2) is 9.97 Å². The monoisotopic (exact) mass is 275 g/mol. The molecule has 20 heavy (non-hydrogen) atoms. The van der Waals surface area contributed by atoms with E-state index in [-0.39, 0.29) is 0 Å². The summed E-state index contributed by atoms with van der Waals surface area (Å²) in [5, 5.41) is 3.32. The Balaban J connectivity index is 1.77. The van der Waals surface area contributed by atoms with Crippen LogP contribution in [0, 0.1) is 6.92 Å². The molecule has 0 amide bonds. The number of anilines is 2. The quantitative estimate of drug-likeness (QED) is 0.912. The zero-order valence-electron chi connectivity index (χ0n) is 12.6. The Hall–Kier alpha value is -1.36. The third kappa shape index (κ3) is 2.59. The Morgan fingerprint density at radius 2 is 2.15 bits per heavy atom. The lowest BCUT2D eigenvalue weighted by Gasteiger charge is -2.44. The van der Waals surface area contributed by atoms with Crippen molar-refractivity contribution in [1.82, 2.24) is 14.9 Å². The van der Waals surface area contributed by atoms with Gasteiger partial charge in [0.25, 0.3) is 0 Å². The maximum Gasteiger partial charge on any atom is 0.137 e. The van der Waals surface area contributed by atoms with Crippen molar-refractivity contribution in [2.45, 2.75) is 39.2 Å². The molecule has 110 valence electrons. The fraction of sp³-hybridized carbons (Fsp3) is 0.733. The van der Waals surface area contributed by atoms with E-state index in [2.05, 4.69) is 38.9 Å². The average Bonchev–Trinajstić information content (AvgIpc) is 2.49. The first-order valence-electron chi connectivity index (χ1n) is 7.84. The van der Waals surface area contributed by atoms with Gasteiger partial charge in [-0.1, -0.05) is 6.42 Å². The van der Waals surface area contributed by atoms with Crippen LogP contribution in [0.25, 0.3) is 0 Å². The second kappa shape index (κ2) is 5.95. The molecule has 2 aliphatic heterocycles. The van der Waals surface area contributed by atoms with E-state index < -0.39 is 0 Å². The average molecular weight is 275 g/mol. The molecule has 0 saturated carbocycles. The first-order chi connectivity index (χ1) is 9.79. The molecule has 3 heterocycles. The first-order valence-corrected chi connectivity index (χ1v) is 7.84. The van der Waals surface area contributed by atoms with E-state index in [1.165, 1.54) is 37.9 Å². The van der Waals surface area contributed by atoms with Gasteiger partial charge in [-0.05, 0) is 33.2 Å². The zero-order chi connectivity index (χ0) is 13.9. The largest absolute Gasteiger partial charge is 0.370 e. The molecule has 0 spiro atoms. The van der Waals surface area contributed by atoms with Crippen molar-refractivity contribution in [1.29, 1.82) is 0 Å². The highest BCUT2D eigenvalue weighted by molar-refractivity contribution is 5.58. The minimum Gasteiger partial charge on any atom is -0.370 e. The van der Waals surface area contributed by atoms with Crippen LogP contribution >= 0.6 is 0 Å². The number of nitrogens with one attached hydrogen (secondary N) is 1. The number of piperidine rings is 1. The van der Waals surface area contributed by atoms with E-state index in [1.807, 2.05) is 0 Å². The Morgan fingerprint density at radius 1 is 1.25 bits per heavy atom. The summed E-state index contributed by atoms with van der Waals surface area (Å²) in [6.07, 6.45) is 5.77. The lowest BCUT2D eigenvalue weighted by Crippen LogP contribution is -2.55. The van der Waals surface area contributed by atoms with Crippen LogP contribution < -0.4 is 10.2 Å². The lowest BCUT2D eigenvalue weighted by atomic mass is 9.99. The predicted molar refractivity (Wildman–Crippen MR) is 82.4 cm³/mol. The van der Waals surface area contributed by atoms with Crippen LogP contribution in [0.5, 0.6) is 0 Å². The molecular weight excluding hydrogens is 250 g/mol. The molecule has 1 aromatic heterocycles. The molecule has 2 aliphatic rings. The molecule has 0 aliphatic carbocycles. The van der Waals surface area contributed by atoms with Gasteiger partial charge < -0.3 is 10.2 Å². The number of aromatic nitrogens is 2. The van der Waals surface area contributed by atoms with Crippen molar-refractivity contribution >= 4 is 11.6 Å².